The minimum Gasteiger partial charge on any atom is -0.487 e. The van der Waals surface area contributed by atoms with Crippen LogP contribution in [0.1, 0.15) is 29.3 Å². The maximum atomic E-state index is 14.7. The lowest BCUT2D eigenvalue weighted by Crippen LogP contribution is -2.35. The third kappa shape index (κ3) is 3.79. The van der Waals surface area contributed by atoms with Crippen LogP contribution < -0.4 is 14.8 Å². The van der Waals surface area contributed by atoms with Gasteiger partial charge in [0, 0.05) is 41.7 Å². The molecule has 2 aliphatic rings. The van der Waals surface area contributed by atoms with E-state index in [-0.39, 0.29) is 30.7 Å². The lowest BCUT2D eigenvalue weighted by molar-refractivity contribution is -0.0526. The number of fused-ring (bicyclic) bond motifs is 2. The second kappa shape index (κ2) is 8.47. The first-order chi connectivity index (χ1) is 15.8. The quantitative estimate of drug-likeness (QED) is 0.532. The first-order valence-electron chi connectivity index (χ1n) is 10.7. The zero-order chi connectivity index (χ0) is 23.3. The van der Waals surface area contributed by atoms with Crippen LogP contribution in [0.15, 0.2) is 24.7 Å². The van der Waals surface area contributed by atoms with Gasteiger partial charge in [0.15, 0.2) is 11.6 Å². The zero-order valence-corrected chi connectivity index (χ0v) is 17.7. The second-order valence-electron chi connectivity index (χ2n) is 8.31. The van der Waals surface area contributed by atoms with Crippen LogP contribution in [0.3, 0.4) is 0 Å². The standard InChI is InChI=1S/C22H23F3N4O4/c1-10-11-3-5-29(21(11)28-9-27-10)14-6-17(20(31)19(14)30)32-15-7-16(33-22(24)25)18(23)12-2-4-26-8-13(12)15/h3,5,7,9,14,17,19-20,22,26,30-31H,2,4,6,8H2,1H3/t14-,17+,19+,20-/m1/s1. The number of aliphatic hydroxyl groups is 2. The molecule has 1 fully saturated rings. The lowest BCUT2D eigenvalue weighted by atomic mass is 9.98. The molecule has 33 heavy (non-hydrogen) atoms. The molecule has 4 atom stereocenters. The van der Waals surface area contributed by atoms with E-state index in [1.54, 1.807) is 10.8 Å². The van der Waals surface area contributed by atoms with Crippen molar-refractivity contribution in [2.45, 2.75) is 57.3 Å². The molecule has 176 valence electrons. The Morgan fingerprint density at radius 2 is 2.00 bits per heavy atom. The summed E-state index contributed by atoms with van der Waals surface area (Å²) in [6.07, 6.45) is 0.431. The summed E-state index contributed by atoms with van der Waals surface area (Å²) in [5.74, 6) is -1.30. The van der Waals surface area contributed by atoms with Crippen LogP contribution in [-0.4, -0.2) is 56.2 Å². The summed E-state index contributed by atoms with van der Waals surface area (Å²) in [5, 5.41) is 25.4. The van der Waals surface area contributed by atoms with Crippen molar-refractivity contribution < 1.29 is 32.9 Å². The molecule has 1 aliphatic carbocycles. The second-order valence-corrected chi connectivity index (χ2v) is 8.31. The number of alkyl halides is 2. The highest BCUT2D eigenvalue weighted by Crippen LogP contribution is 2.40. The topological polar surface area (TPSA) is 102 Å². The molecular weight excluding hydrogens is 441 g/mol. The van der Waals surface area contributed by atoms with Gasteiger partial charge in [0.05, 0.1) is 11.7 Å². The van der Waals surface area contributed by atoms with Crippen molar-refractivity contribution in [2.75, 3.05) is 6.54 Å². The molecule has 0 saturated heterocycles. The predicted molar refractivity (Wildman–Crippen MR) is 111 cm³/mol. The summed E-state index contributed by atoms with van der Waals surface area (Å²) in [5.41, 5.74) is 2.14. The molecule has 1 saturated carbocycles. The fourth-order valence-corrected chi connectivity index (χ4v) is 4.76. The molecule has 3 N–H and O–H groups in total. The number of aryl methyl sites for hydroxylation is 1. The van der Waals surface area contributed by atoms with Crippen LogP contribution in [0.5, 0.6) is 11.5 Å². The summed E-state index contributed by atoms with van der Waals surface area (Å²) in [6.45, 7) is -0.576. The van der Waals surface area contributed by atoms with Gasteiger partial charge >= 0.3 is 6.61 Å². The number of aliphatic hydroxyl groups excluding tert-OH is 2. The average molecular weight is 464 g/mol. The molecule has 1 aliphatic heterocycles. The van der Waals surface area contributed by atoms with Gasteiger partial charge in [-0.2, -0.15) is 8.78 Å². The van der Waals surface area contributed by atoms with Crippen LogP contribution in [0.2, 0.25) is 0 Å². The van der Waals surface area contributed by atoms with E-state index >= 15 is 0 Å². The Hall–Kier alpha value is -2.89. The molecule has 11 heteroatoms. The van der Waals surface area contributed by atoms with Crippen molar-refractivity contribution in [1.29, 1.82) is 0 Å². The molecule has 0 bridgehead atoms. The highest BCUT2D eigenvalue weighted by Gasteiger charge is 2.45. The number of halogens is 3. The molecule has 0 radical (unpaired) electrons. The van der Waals surface area contributed by atoms with Crippen molar-refractivity contribution in [3.05, 3.63) is 47.3 Å². The van der Waals surface area contributed by atoms with Crippen molar-refractivity contribution in [3.63, 3.8) is 0 Å². The van der Waals surface area contributed by atoms with E-state index in [9.17, 15) is 23.4 Å². The van der Waals surface area contributed by atoms with E-state index in [0.29, 0.717) is 17.8 Å². The third-order valence-corrected chi connectivity index (χ3v) is 6.42. The van der Waals surface area contributed by atoms with Gasteiger partial charge in [-0.25, -0.2) is 14.4 Å². The Bertz CT molecular complexity index is 1190. The SMILES string of the molecule is Cc1ncnc2c1ccn2[C@@H]1C[C@H](Oc2cc(OC(F)F)c(F)c3c2CNCC3)[C@@H](O)[C@H]1O. The summed E-state index contributed by atoms with van der Waals surface area (Å²) >= 11 is 0. The van der Waals surface area contributed by atoms with Crippen molar-refractivity contribution in [3.8, 4) is 11.5 Å². The Morgan fingerprint density at radius 1 is 1.18 bits per heavy atom. The van der Waals surface area contributed by atoms with E-state index < -0.39 is 42.5 Å². The molecule has 0 unspecified atom stereocenters. The molecule has 8 nitrogen and oxygen atoms in total. The highest BCUT2D eigenvalue weighted by molar-refractivity contribution is 5.78. The Morgan fingerprint density at radius 3 is 2.79 bits per heavy atom. The van der Waals surface area contributed by atoms with Gasteiger partial charge in [0.1, 0.15) is 36.0 Å². The van der Waals surface area contributed by atoms with Crippen LogP contribution in [0.25, 0.3) is 11.0 Å². The van der Waals surface area contributed by atoms with Crippen molar-refractivity contribution >= 4 is 11.0 Å². The van der Waals surface area contributed by atoms with E-state index in [4.69, 9.17) is 4.74 Å². The van der Waals surface area contributed by atoms with Crippen LogP contribution in [0.4, 0.5) is 13.2 Å². The Kier molecular flexibility index (Phi) is 5.63. The number of rotatable bonds is 5. The van der Waals surface area contributed by atoms with E-state index in [1.807, 2.05) is 13.0 Å². The third-order valence-electron chi connectivity index (χ3n) is 6.42. The Labute approximate surface area is 187 Å². The van der Waals surface area contributed by atoms with Gasteiger partial charge in [-0.15, -0.1) is 0 Å². The van der Waals surface area contributed by atoms with Gasteiger partial charge in [-0.3, -0.25) is 0 Å². The fourth-order valence-electron chi connectivity index (χ4n) is 4.76. The largest absolute Gasteiger partial charge is 0.487 e. The van der Waals surface area contributed by atoms with Crippen molar-refractivity contribution in [2.24, 2.45) is 0 Å². The smallest absolute Gasteiger partial charge is 0.387 e. The normalized spacial score (nSPS) is 24.9. The van der Waals surface area contributed by atoms with Gasteiger partial charge in [-0.1, -0.05) is 0 Å². The number of aromatic nitrogens is 3. The summed E-state index contributed by atoms with van der Waals surface area (Å²) in [6, 6.07) is 2.39. The van der Waals surface area contributed by atoms with E-state index in [1.165, 1.54) is 6.33 Å². The number of hydrogen-bond acceptors (Lipinski definition) is 7. The number of ether oxygens (including phenoxy) is 2. The van der Waals surface area contributed by atoms with Gasteiger partial charge in [-0.05, 0) is 26.0 Å². The monoisotopic (exact) mass is 464 g/mol. The molecule has 3 aromatic rings. The van der Waals surface area contributed by atoms with Crippen molar-refractivity contribution in [1.82, 2.24) is 19.9 Å². The maximum Gasteiger partial charge on any atom is 0.387 e. The van der Waals surface area contributed by atoms with Crippen LogP contribution >= 0.6 is 0 Å². The molecule has 0 spiro atoms. The lowest BCUT2D eigenvalue weighted by Gasteiger charge is -2.26. The van der Waals surface area contributed by atoms with Gasteiger partial charge in [0.2, 0.25) is 0 Å². The van der Waals surface area contributed by atoms with Gasteiger partial charge in [0.25, 0.3) is 0 Å². The van der Waals surface area contributed by atoms with Crippen LogP contribution in [0, 0.1) is 12.7 Å². The number of nitrogens with zero attached hydrogens (tertiary/aromatic N) is 3. The number of hydrogen-bond donors (Lipinski definition) is 3. The number of benzene rings is 1. The van der Waals surface area contributed by atoms with E-state index in [0.717, 1.165) is 17.1 Å². The van der Waals surface area contributed by atoms with Crippen LogP contribution in [-0.2, 0) is 13.0 Å². The highest BCUT2D eigenvalue weighted by atomic mass is 19.3. The summed E-state index contributed by atoms with van der Waals surface area (Å²) in [7, 11) is 0. The fraction of sp³-hybridized carbons (Fsp3) is 0.455. The zero-order valence-electron chi connectivity index (χ0n) is 17.7. The molecule has 5 rings (SSSR count). The Balaban J connectivity index is 1.46. The molecule has 0 amide bonds. The van der Waals surface area contributed by atoms with Gasteiger partial charge < -0.3 is 29.6 Å². The van der Waals surface area contributed by atoms with E-state index in [2.05, 4.69) is 20.0 Å². The summed E-state index contributed by atoms with van der Waals surface area (Å²) in [4.78, 5) is 8.47. The molecule has 2 aromatic heterocycles. The number of nitrogens with one attached hydrogen (secondary N) is 1. The summed E-state index contributed by atoms with van der Waals surface area (Å²) < 4.78 is 52.5. The minimum atomic E-state index is -3.19. The average Bonchev–Trinajstić information content (AvgIpc) is 3.34. The predicted octanol–water partition coefficient (Wildman–Crippen LogP) is 2.24. The first-order valence-corrected chi connectivity index (χ1v) is 10.7. The molecule has 3 heterocycles. The molecular formula is C22H23F3N4O4. The minimum absolute atomic E-state index is 0.140. The first kappa shape index (κ1) is 21.9. The molecule has 1 aromatic carbocycles. The maximum absolute atomic E-state index is 14.7.